The first-order valence-electron chi connectivity index (χ1n) is 18.5. The second-order valence-corrected chi connectivity index (χ2v) is 17.1. The number of anilines is 3. The van der Waals surface area contributed by atoms with E-state index in [0.717, 1.165) is 5.69 Å². The molecule has 1 heteroatoms. The average Bonchev–Trinajstić information content (AvgIpc) is 3.13. The molecule has 0 unspecified atom stereocenters. The Labute approximate surface area is 303 Å². The second-order valence-electron chi connectivity index (χ2n) is 17.1. The summed E-state index contributed by atoms with van der Waals surface area (Å²) in [6.45, 7) is 19.4. The van der Waals surface area contributed by atoms with E-state index in [0.29, 0.717) is 0 Å². The molecule has 0 fully saturated rings. The van der Waals surface area contributed by atoms with Crippen molar-refractivity contribution in [2.24, 2.45) is 0 Å². The zero-order valence-corrected chi connectivity index (χ0v) is 31.2. The van der Waals surface area contributed by atoms with E-state index in [-0.39, 0.29) is 21.7 Å². The van der Waals surface area contributed by atoms with Crippen molar-refractivity contribution in [1.29, 1.82) is 0 Å². The maximum Gasteiger partial charge on any atom is 0.0465 e. The second kappa shape index (κ2) is 10.7. The van der Waals surface area contributed by atoms with Crippen LogP contribution in [0.2, 0.25) is 0 Å². The van der Waals surface area contributed by atoms with E-state index >= 15 is 0 Å². The first kappa shape index (κ1) is 31.8. The zero-order chi connectivity index (χ0) is 35.5. The normalized spacial score (nSPS) is 17.3. The summed E-state index contributed by atoms with van der Waals surface area (Å²) in [5.41, 5.74) is 14.3. The molecule has 0 N–H and O–H groups in total. The van der Waals surface area contributed by atoms with Crippen LogP contribution in [0.5, 0.6) is 0 Å². The highest BCUT2D eigenvalue weighted by atomic mass is 15.1. The Balaban J connectivity index is 1.26. The van der Waals surface area contributed by atoms with Crippen LogP contribution in [0.25, 0.3) is 43.8 Å². The Morgan fingerprint density at radius 3 is 1.47 bits per heavy atom. The fourth-order valence-corrected chi connectivity index (χ4v) is 9.28. The van der Waals surface area contributed by atoms with Gasteiger partial charge in [0, 0.05) is 17.1 Å². The lowest BCUT2D eigenvalue weighted by Crippen LogP contribution is -2.43. The Morgan fingerprint density at radius 1 is 0.314 bits per heavy atom. The lowest BCUT2D eigenvalue weighted by molar-refractivity contribution is 0.299. The van der Waals surface area contributed by atoms with Crippen molar-refractivity contribution in [2.45, 2.75) is 77.0 Å². The van der Waals surface area contributed by atoms with Crippen LogP contribution in [0.3, 0.4) is 0 Å². The molecule has 2 aliphatic rings. The molecule has 51 heavy (non-hydrogen) atoms. The molecule has 2 aliphatic carbocycles. The number of rotatable bonds is 3. The third-order valence-electron chi connectivity index (χ3n) is 13.7. The predicted octanol–water partition coefficient (Wildman–Crippen LogP) is 13.9. The van der Waals surface area contributed by atoms with Gasteiger partial charge in [-0.1, -0.05) is 146 Å². The largest absolute Gasteiger partial charge is 0.310 e. The maximum atomic E-state index is 2.49. The van der Waals surface area contributed by atoms with Crippen LogP contribution in [-0.4, -0.2) is 0 Å². The quantitative estimate of drug-likeness (QED) is 0.170. The van der Waals surface area contributed by atoms with Crippen molar-refractivity contribution in [2.75, 3.05) is 4.90 Å². The summed E-state index contributed by atoms with van der Waals surface area (Å²) in [7, 11) is 0. The molecule has 7 aromatic rings. The van der Waals surface area contributed by atoms with Gasteiger partial charge in [0.25, 0.3) is 0 Å². The van der Waals surface area contributed by atoms with Crippen molar-refractivity contribution in [3.05, 3.63) is 162 Å². The monoisotopic (exact) mass is 661 g/mol. The van der Waals surface area contributed by atoms with Crippen LogP contribution >= 0.6 is 0 Å². The zero-order valence-electron chi connectivity index (χ0n) is 31.2. The van der Waals surface area contributed by atoms with Crippen LogP contribution in [-0.2, 0) is 21.7 Å². The van der Waals surface area contributed by atoms with E-state index in [2.05, 4.69) is 200 Å². The number of para-hydroxylation sites is 1. The number of hydrogen-bond donors (Lipinski definition) is 0. The summed E-state index contributed by atoms with van der Waals surface area (Å²) in [4.78, 5) is 2.47. The van der Waals surface area contributed by atoms with Crippen LogP contribution in [0.15, 0.2) is 140 Å². The summed E-state index contributed by atoms with van der Waals surface area (Å²) in [5.74, 6) is 0. The topological polar surface area (TPSA) is 3.24 Å². The molecule has 9 rings (SSSR count). The summed E-state index contributed by atoms with van der Waals surface area (Å²) in [6, 6.07) is 52.6. The van der Waals surface area contributed by atoms with Gasteiger partial charge in [0.05, 0.1) is 0 Å². The molecule has 0 amide bonds. The Kier molecular flexibility index (Phi) is 6.67. The Bertz CT molecular complexity index is 2530. The van der Waals surface area contributed by atoms with Gasteiger partial charge in [-0.15, -0.1) is 0 Å². The number of fused-ring (bicyclic) bond motifs is 9. The molecule has 0 spiro atoms. The lowest BCUT2D eigenvalue weighted by atomic mass is 9.55. The molecule has 252 valence electrons. The van der Waals surface area contributed by atoms with Crippen LogP contribution in [0.1, 0.15) is 77.6 Å². The smallest absolute Gasteiger partial charge is 0.0465 e. The number of nitrogens with zero attached hydrogens (tertiary/aromatic N) is 1. The van der Waals surface area contributed by atoms with E-state index in [1.54, 1.807) is 0 Å². The van der Waals surface area contributed by atoms with Gasteiger partial charge in [-0.3, -0.25) is 0 Å². The van der Waals surface area contributed by atoms with Crippen molar-refractivity contribution >= 4 is 38.6 Å². The van der Waals surface area contributed by atoms with Crippen LogP contribution in [0.4, 0.5) is 17.1 Å². The van der Waals surface area contributed by atoms with Gasteiger partial charge in [-0.2, -0.15) is 0 Å². The van der Waals surface area contributed by atoms with E-state index < -0.39 is 0 Å². The molecule has 7 aromatic carbocycles. The minimum atomic E-state index is -0.121. The fourth-order valence-electron chi connectivity index (χ4n) is 9.28. The standard InChI is InChI=1S/C50H47N/c1-47(2)43-21-15-14-20-38(43)39-26-24-35(29-45(39)49(47,5)6)51(34-17-10-9-11-18-34)36-25-27-40-42-31-41-33(23-22-32-16-12-13-19-37(32)41)28-44(42)48(3,4)50(7,8)46(40)30-36/h9-31H,1-8H3. The van der Waals surface area contributed by atoms with Gasteiger partial charge in [-0.05, 0) is 136 Å². The molecule has 1 nitrogen and oxygen atoms in total. The van der Waals surface area contributed by atoms with Gasteiger partial charge >= 0.3 is 0 Å². The molecular formula is C50H47N. The van der Waals surface area contributed by atoms with Crippen molar-refractivity contribution in [3.8, 4) is 22.3 Å². The molecule has 0 atom stereocenters. The van der Waals surface area contributed by atoms with Gasteiger partial charge in [0.15, 0.2) is 0 Å². The summed E-state index contributed by atoms with van der Waals surface area (Å²) in [5, 5.41) is 5.24. The maximum absolute atomic E-state index is 2.49. The van der Waals surface area contributed by atoms with E-state index in [4.69, 9.17) is 0 Å². The molecule has 0 heterocycles. The predicted molar refractivity (Wildman–Crippen MR) is 219 cm³/mol. The lowest BCUT2D eigenvalue weighted by Gasteiger charge is -2.49. The highest BCUT2D eigenvalue weighted by Gasteiger charge is 2.47. The third-order valence-corrected chi connectivity index (χ3v) is 13.7. The van der Waals surface area contributed by atoms with E-state index in [9.17, 15) is 0 Å². The number of benzene rings is 7. The first-order chi connectivity index (χ1) is 24.3. The van der Waals surface area contributed by atoms with Crippen molar-refractivity contribution in [1.82, 2.24) is 0 Å². The molecule has 0 saturated carbocycles. The number of hydrogen-bond acceptors (Lipinski definition) is 1. The van der Waals surface area contributed by atoms with Gasteiger partial charge in [-0.25, -0.2) is 0 Å². The molecule has 0 aromatic heterocycles. The fraction of sp³-hybridized carbons (Fsp3) is 0.240. The summed E-state index contributed by atoms with van der Waals surface area (Å²) >= 11 is 0. The van der Waals surface area contributed by atoms with E-state index in [1.807, 2.05) is 0 Å². The highest BCUT2D eigenvalue weighted by Crippen LogP contribution is 2.57. The highest BCUT2D eigenvalue weighted by molar-refractivity contribution is 6.09. The van der Waals surface area contributed by atoms with Crippen LogP contribution in [0, 0.1) is 0 Å². The van der Waals surface area contributed by atoms with Gasteiger partial charge in [0.2, 0.25) is 0 Å². The van der Waals surface area contributed by atoms with Crippen molar-refractivity contribution in [3.63, 3.8) is 0 Å². The molecule has 0 aliphatic heterocycles. The summed E-state index contributed by atoms with van der Waals surface area (Å²) in [6.07, 6.45) is 0. The SMILES string of the molecule is CC1(C)c2ccccc2-c2ccc(N(c3ccccc3)c3ccc4c(c3)C(C)(C)C(C)(C)c3cc5ccc6ccccc6c5cc3-4)cc2C1(C)C. The molecule has 0 radical (unpaired) electrons. The minimum Gasteiger partial charge on any atom is -0.310 e. The molecular weight excluding hydrogens is 615 g/mol. The van der Waals surface area contributed by atoms with Gasteiger partial charge in [0.1, 0.15) is 0 Å². The first-order valence-corrected chi connectivity index (χ1v) is 18.5. The summed E-state index contributed by atoms with van der Waals surface area (Å²) < 4.78 is 0. The third kappa shape index (κ3) is 4.34. The molecule has 0 bridgehead atoms. The molecule has 0 saturated heterocycles. The Morgan fingerprint density at radius 2 is 0.804 bits per heavy atom. The minimum absolute atomic E-state index is 0.0306. The van der Waals surface area contributed by atoms with Gasteiger partial charge < -0.3 is 4.90 Å². The van der Waals surface area contributed by atoms with E-state index in [1.165, 1.54) is 77.4 Å². The Hall–Kier alpha value is -5.14. The van der Waals surface area contributed by atoms with Crippen LogP contribution < -0.4 is 4.90 Å². The average molecular weight is 662 g/mol. The van der Waals surface area contributed by atoms with Crippen molar-refractivity contribution < 1.29 is 0 Å².